The smallest absolute Gasteiger partial charge is 0.223 e. The van der Waals surface area contributed by atoms with Crippen LogP contribution in [0.5, 0.6) is 5.75 Å². The van der Waals surface area contributed by atoms with Gasteiger partial charge in [0.2, 0.25) is 5.95 Å². The molecule has 3 N–H and O–H groups in total. The number of pyridine rings is 1. The predicted molar refractivity (Wildman–Crippen MR) is 113 cm³/mol. The molecule has 0 saturated heterocycles. The van der Waals surface area contributed by atoms with E-state index in [1.54, 1.807) is 25.5 Å². The molecule has 1 saturated carbocycles. The second kappa shape index (κ2) is 6.63. The van der Waals surface area contributed by atoms with Crippen LogP contribution in [0.1, 0.15) is 55.6 Å². The molecule has 0 amide bonds. The van der Waals surface area contributed by atoms with E-state index in [0.29, 0.717) is 34.5 Å². The molecule has 154 valence electrons. The van der Waals surface area contributed by atoms with Gasteiger partial charge in [-0.25, -0.2) is 9.97 Å². The highest BCUT2D eigenvalue weighted by Crippen LogP contribution is 2.46. The normalized spacial score (nSPS) is 19.2. The third-order valence-corrected chi connectivity index (χ3v) is 5.91. The quantitative estimate of drug-likeness (QED) is 0.537. The van der Waals surface area contributed by atoms with Gasteiger partial charge in [0.05, 0.1) is 12.8 Å². The van der Waals surface area contributed by atoms with Gasteiger partial charge in [-0.1, -0.05) is 12.1 Å². The molecule has 30 heavy (non-hydrogen) atoms. The number of anilines is 1. The van der Waals surface area contributed by atoms with Crippen molar-refractivity contribution in [2.45, 2.75) is 44.1 Å². The summed E-state index contributed by atoms with van der Waals surface area (Å²) < 4.78 is 7.03. The largest absolute Gasteiger partial charge is 0.494 e. The van der Waals surface area contributed by atoms with Crippen molar-refractivity contribution in [1.29, 1.82) is 0 Å². The Morgan fingerprint density at radius 3 is 2.60 bits per heavy atom. The Morgan fingerprint density at radius 1 is 1.13 bits per heavy atom. The summed E-state index contributed by atoms with van der Waals surface area (Å²) in [5.74, 6) is 2.43. The van der Waals surface area contributed by atoms with Crippen LogP contribution in [0, 0.1) is 0 Å². The molecule has 0 unspecified atom stereocenters. The Labute approximate surface area is 173 Å². The van der Waals surface area contributed by atoms with Gasteiger partial charge < -0.3 is 15.6 Å². The fourth-order valence-corrected chi connectivity index (χ4v) is 4.09. The molecule has 3 heterocycles. The zero-order valence-electron chi connectivity index (χ0n) is 17.2. The lowest BCUT2D eigenvalue weighted by Gasteiger charge is -2.33. The van der Waals surface area contributed by atoms with Crippen LogP contribution in [-0.4, -0.2) is 36.8 Å². The Morgan fingerprint density at radius 2 is 1.93 bits per heavy atom. The van der Waals surface area contributed by atoms with Crippen molar-refractivity contribution in [1.82, 2.24) is 24.6 Å². The van der Waals surface area contributed by atoms with Crippen molar-refractivity contribution < 1.29 is 9.84 Å². The van der Waals surface area contributed by atoms with Crippen LogP contribution < -0.4 is 10.5 Å². The number of para-hydroxylation sites is 1. The van der Waals surface area contributed by atoms with E-state index < -0.39 is 5.60 Å². The van der Waals surface area contributed by atoms with Crippen LogP contribution >= 0.6 is 0 Å². The SMILES string of the molecule is COc1cccc2c1nc(N)n1nc(C3CC(c4ccc(C(C)(C)O)nc4)C3)nc21. The van der Waals surface area contributed by atoms with Gasteiger partial charge in [-0.2, -0.15) is 4.52 Å². The van der Waals surface area contributed by atoms with Gasteiger partial charge in [0, 0.05) is 17.5 Å². The lowest BCUT2D eigenvalue weighted by atomic mass is 9.71. The first-order valence-electron chi connectivity index (χ1n) is 10.0. The number of methoxy groups -OCH3 is 1. The lowest BCUT2D eigenvalue weighted by Crippen LogP contribution is -2.22. The number of nitrogen functional groups attached to an aromatic ring is 1. The van der Waals surface area contributed by atoms with E-state index in [0.717, 1.165) is 24.1 Å². The highest BCUT2D eigenvalue weighted by molar-refractivity contribution is 5.95. The molecule has 3 aromatic heterocycles. The summed E-state index contributed by atoms with van der Waals surface area (Å²) >= 11 is 0. The zero-order chi connectivity index (χ0) is 21.0. The molecule has 1 aliphatic rings. The first kappa shape index (κ1) is 18.7. The Bertz CT molecular complexity index is 1240. The molecule has 0 bridgehead atoms. The molecule has 0 aliphatic heterocycles. The van der Waals surface area contributed by atoms with Gasteiger partial charge in [-0.05, 0) is 56.4 Å². The van der Waals surface area contributed by atoms with E-state index in [-0.39, 0.29) is 5.92 Å². The molecular formula is C22H24N6O2. The van der Waals surface area contributed by atoms with Gasteiger partial charge in [0.25, 0.3) is 0 Å². The maximum absolute atomic E-state index is 10.1. The standard InChI is InChI=1S/C22H24N6O2/c1-22(2,29)17-8-7-12(11-24-17)13-9-14(10-13)19-26-20-15-5-4-6-16(30-3)18(15)25-21(23)28(20)27-19/h4-8,11,13-14,29H,9-10H2,1-3H3,(H2,23,25). The molecule has 8 nitrogen and oxygen atoms in total. The summed E-state index contributed by atoms with van der Waals surface area (Å²) in [4.78, 5) is 13.7. The average molecular weight is 404 g/mol. The summed E-state index contributed by atoms with van der Waals surface area (Å²) in [6.07, 6.45) is 3.77. The molecular weight excluding hydrogens is 380 g/mol. The lowest BCUT2D eigenvalue weighted by molar-refractivity contribution is 0.0738. The number of fused-ring (bicyclic) bond motifs is 3. The van der Waals surface area contributed by atoms with Gasteiger partial charge in [-0.3, -0.25) is 4.98 Å². The van der Waals surface area contributed by atoms with Gasteiger partial charge >= 0.3 is 0 Å². The number of aromatic nitrogens is 5. The minimum absolute atomic E-state index is 0.268. The fourth-order valence-electron chi connectivity index (χ4n) is 4.09. The highest BCUT2D eigenvalue weighted by atomic mass is 16.5. The Balaban J connectivity index is 1.42. The molecule has 1 aromatic carbocycles. The number of hydrogen-bond acceptors (Lipinski definition) is 7. The van der Waals surface area contributed by atoms with E-state index in [1.807, 2.05) is 30.5 Å². The van der Waals surface area contributed by atoms with Crippen LogP contribution in [-0.2, 0) is 5.60 Å². The van der Waals surface area contributed by atoms with E-state index in [9.17, 15) is 5.11 Å². The summed E-state index contributed by atoms with van der Waals surface area (Å²) in [6.45, 7) is 3.48. The second-order valence-corrected chi connectivity index (χ2v) is 8.43. The van der Waals surface area contributed by atoms with Crippen LogP contribution in [0.15, 0.2) is 36.5 Å². The fraction of sp³-hybridized carbons (Fsp3) is 0.364. The maximum atomic E-state index is 10.1. The van der Waals surface area contributed by atoms with Crippen molar-refractivity contribution in [3.8, 4) is 5.75 Å². The van der Waals surface area contributed by atoms with Crippen LogP contribution in [0.25, 0.3) is 16.6 Å². The van der Waals surface area contributed by atoms with E-state index in [4.69, 9.17) is 15.5 Å². The van der Waals surface area contributed by atoms with Gasteiger partial charge in [0.15, 0.2) is 11.5 Å². The summed E-state index contributed by atoms with van der Waals surface area (Å²) in [6, 6.07) is 9.68. The molecule has 1 fully saturated rings. The van der Waals surface area contributed by atoms with Crippen molar-refractivity contribution in [2.24, 2.45) is 0 Å². The topological polar surface area (TPSA) is 111 Å². The number of ether oxygens (including phenoxy) is 1. The molecule has 1 aliphatic carbocycles. The van der Waals surface area contributed by atoms with Crippen molar-refractivity contribution in [2.75, 3.05) is 12.8 Å². The van der Waals surface area contributed by atoms with Crippen LogP contribution in [0.3, 0.4) is 0 Å². The molecule has 0 radical (unpaired) electrons. The number of rotatable bonds is 4. The zero-order valence-corrected chi connectivity index (χ0v) is 17.2. The minimum Gasteiger partial charge on any atom is -0.494 e. The summed E-state index contributed by atoms with van der Waals surface area (Å²) in [5, 5.41) is 15.6. The molecule has 0 atom stereocenters. The third kappa shape index (κ3) is 2.95. The molecule has 8 heteroatoms. The average Bonchev–Trinajstić information content (AvgIpc) is 3.12. The van der Waals surface area contributed by atoms with Crippen LogP contribution in [0.2, 0.25) is 0 Å². The maximum Gasteiger partial charge on any atom is 0.223 e. The highest BCUT2D eigenvalue weighted by Gasteiger charge is 2.35. The van der Waals surface area contributed by atoms with Crippen molar-refractivity contribution in [3.05, 3.63) is 53.6 Å². The Hall–Kier alpha value is -3.26. The van der Waals surface area contributed by atoms with E-state index in [2.05, 4.69) is 21.1 Å². The number of benzene rings is 1. The summed E-state index contributed by atoms with van der Waals surface area (Å²) in [7, 11) is 1.61. The first-order valence-corrected chi connectivity index (χ1v) is 10.0. The van der Waals surface area contributed by atoms with Gasteiger partial charge in [0.1, 0.15) is 16.9 Å². The number of nitrogens with zero attached hydrogens (tertiary/aromatic N) is 5. The van der Waals surface area contributed by atoms with Crippen molar-refractivity contribution in [3.63, 3.8) is 0 Å². The predicted octanol–water partition coefficient (Wildman–Crippen LogP) is 3.15. The monoisotopic (exact) mass is 404 g/mol. The minimum atomic E-state index is -0.930. The molecule has 5 rings (SSSR count). The van der Waals surface area contributed by atoms with Crippen LogP contribution in [0.4, 0.5) is 5.95 Å². The number of aliphatic hydroxyl groups is 1. The second-order valence-electron chi connectivity index (χ2n) is 8.43. The molecule has 0 spiro atoms. The van der Waals surface area contributed by atoms with E-state index in [1.165, 1.54) is 5.56 Å². The van der Waals surface area contributed by atoms with Gasteiger partial charge in [-0.15, -0.1) is 5.10 Å². The first-order chi connectivity index (χ1) is 14.3. The molecule has 4 aromatic rings. The number of nitrogens with two attached hydrogens (primary N) is 1. The Kier molecular flexibility index (Phi) is 4.14. The van der Waals surface area contributed by atoms with E-state index >= 15 is 0 Å². The third-order valence-electron chi connectivity index (χ3n) is 5.91. The number of hydrogen-bond donors (Lipinski definition) is 2. The summed E-state index contributed by atoms with van der Waals surface area (Å²) in [5.41, 5.74) is 8.47. The van der Waals surface area contributed by atoms with Crippen molar-refractivity contribution >= 4 is 22.5 Å².